The maximum atomic E-state index is 12.4. The molecule has 0 saturated heterocycles. The molecule has 0 fully saturated rings. The van der Waals surface area contributed by atoms with Crippen molar-refractivity contribution in [2.45, 2.75) is 0 Å². The maximum absolute atomic E-state index is 12.4. The second-order valence-electron chi connectivity index (χ2n) is 3.94. The Morgan fingerprint density at radius 2 is 1.67 bits per heavy atom. The lowest BCUT2D eigenvalue weighted by Gasteiger charge is -2.20. The molecule has 0 N–H and O–H groups in total. The predicted molar refractivity (Wildman–Crippen MR) is 79.1 cm³/mol. The minimum atomic E-state index is -0.652. The average molecular weight is 379 g/mol. The molecule has 0 aliphatic heterocycles. The van der Waals surface area contributed by atoms with Gasteiger partial charge in [0.1, 0.15) is 13.1 Å². The number of nitrogens with zero attached hydrogens (tertiary/aromatic N) is 1. The Morgan fingerprint density at radius 3 is 2.10 bits per heavy atom. The summed E-state index contributed by atoms with van der Waals surface area (Å²) in [7, 11) is 2.38. The number of carbonyl (C=O) groups is 3. The highest BCUT2D eigenvalue weighted by Crippen LogP contribution is 2.22. The van der Waals surface area contributed by atoms with Crippen LogP contribution in [0.2, 0.25) is 5.02 Å². The largest absolute Gasteiger partial charge is 0.468 e. The fraction of sp³-hybridized carbons (Fsp3) is 0.308. The van der Waals surface area contributed by atoms with Crippen LogP contribution in [0.25, 0.3) is 0 Å². The molecule has 0 bridgehead atoms. The van der Waals surface area contributed by atoms with E-state index < -0.39 is 17.8 Å². The SMILES string of the molecule is COC(=O)CN(CC(=O)OC)C(=O)c1ccc(Br)cc1Cl. The first-order chi connectivity index (χ1) is 9.88. The summed E-state index contributed by atoms with van der Waals surface area (Å²) in [6, 6.07) is 4.67. The van der Waals surface area contributed by atoms with Crippen LogP contribution in [0.15, 0.2) is 22.7 Å². The molecule has 0 aliphatic carbocycles. The summed E-state index contributed by atoms with van der Waals surface area (Å²) in [4.78, 5) is 36.1. The Kier molecular flexibility index (Phi) is 6.64. The Balaban J connectivity index is 3.02. The molecule has 0 unspecified atom stereocenters. The predicted octanol–water partition coefficient (Wildman–Crippen LogP) is 1.89. The molecule has 21 heavy (non-hydrogen) atoms. The van der Waals surface area contributed by atoms with E-state index in [0.29, 0.717) is 4.47 Å². The zero-order chi connectivity index (χ0) is 16.0. The molecule has 114 valence electrons. The number of amides is 1. The molecule has 1 aromatic carbocycles. The van der Waals surface area contributed by atoms with Crippen LogP contribution in [0.3, 0.4) is 0 Å². The maximum Gasteiger partial charge on any atom is 0.325 e. The molecule has 1 amide bonds. The van der Waals surface area contributed by atoms with Gasteiger partial charge in [0.15, 0.2) is 0 Å². The molecule has 8 heteroatoms. The lowest BCUT2D eigenvalue weighted by Crippen LogP contribution is -2.40. The summed E-state index contributed by atoms with van der Waals surface area (Å²) >= 11 is 9.23. The summed E-state index contributed by atoms with van der Waals surface area (Å²) in [5.74, 6) is -1.87. The molecule has 0 aliphatic rings. The van der Waals surface area contributed by atoms with Crippen molar-refractivity contribution >= 4 is 45.4 Å². The van der Waals surface area contributed by atoms with E-state index in [0.717, 1.165) is 4.90 Å². The van der Waals surface area contributed by atoms with Crippen molar-refractivity contribution in [1.82, 2.24) is 4.90 Å². The van der Waals surface area contributed by atoms with Gasteiger partial charge in [0.2, 0.25) is 0 Å². The van der Waals surface area contributed by atoms with Crippen molar-refractivity contribution in [3.05, 3.63) is 33.3 Å². The highest BCUT2D eigenvalue weighted by molar-refractivity contribution is 9.10. The van der Waals surface area contributed by atoms with E-state index in [1.807, 2.05) is 0 Å². The van der Waals surface area contributed by atoms with Crippen LogP contribution in [0.1, 0.15) is 10.4 Å². The Labute approximate surface area is 135 Å². The van der Waals surface area contributed by atoms with Gasteiger partial charge in [-0.05, 0) is 18.2 Å². The topological polar surface area (TPSA) is 72.9 Å². The minimum absolute atomic E-state index is 0.174. The van der Waals surface area contributed by atoms with Crippen LogP contribution in [-0.2, 0) is 19.1 Å². The summed E-state index contributed by atoms with van der Waals surface area (Å²) in [5, 5.41) is 0.203. The quantitative estimate of drug-likeness (QED) is 0.732. The Bertz CT molecular complexity index is 545. The van der Waals surface area contributed by atoms with Gasteiger partial charge in [0, 0.05) is 4.47 Å². The molecule has 0 aromatic heterocycles. The molecule has 6 nitrogen and oxygen atoms in total. The number of benzene rings is 1. The fourth-order valence-corrected chi connectivity index (χ4v) is 2.23. The zero-order valence-electron chi connectivity index (χ0n) is 11.4. The summed E-state index contributed by atoms with van der Waals surface area (Å²) in [5.41, 5.74) is 0.174. The van der Waals surface area contributed by atoms with Crippen molar-refractivity contribution in [2.24, 2.45) is 0 Å². The number of rotatable bonds is 5. The monoisotopic (exact) mass is 377 g/mol. The normalized spacial score (nSPS) is 9.90. The van der Waals surface area contributed by atoms with Gasteiger partial charge in [-0.3, -0.25) is 14.4 Å². The van der Waals surface area contributed by atoms with Gasteiger partial charge in [-0.2, -0.15) is 0 Å². The Hall–Kier alpha value is -1.60. The first-order valence-electron chi connectivity index (χ1n) is 5.77. The number of carbonyl (C=O) groups excluding carboxylic acids is 3. The van der Waals surface area contributed by atoms with Gasteiger partial charge in [0.25, 0.3) is 5.91 Å². The van der Waals surface area contributed by atoms with E-state index in [2.05, 4.69) is 25.4 Å². The van der Waals surface area contributed by atoms with Crippen LogP contribution in [0.4, 0.5) is 0 Å². The van der Waals surface area contributed by atoms with E-state index >= 15 is 0 Å². The van der Waals surface area contributed by atoms with Gasteiger partial charge < -0.3 is 14.4 Å². The molecule has 0 atom stereocenters. The standard InChI is InChI=1S/C13H13BrClNO5/c1-20-11(17)6-16(7-12(18)21-2)13(19)9-4-3-8(14)5-10(9)15/h3-5H,6-7H2,1-2H3. The third-order valence-electron chi connectivity index (χ3n) is 2.54. The molecular weight excluding hydrogens is 366 g/mol. The van der Waals surface area contributed by atoms with Crippen molar-refractivity contribution < 1.29 is 23.9 Å². The minimum Gasteiger partial charge on any atom is -0.468 e. The Morgan fingerprint density at radius 1 is 1.14 bits per heavy atom. The van der Waals surface area contributed by atoms with Crippen LogP contribution < -0.4 is 0 Å². The average Bonchev–Trinajstić information content (AvgIpc) is 2.45. The number of methoxy groups -OCH3 is 2. The molecule has 0 spiro atoms. The van der Waals surface area contributed by atoms with Crippen LogP contribution in [0, 0.1) is 0 Å². The van der Waals surface area contributed by atoms with Gasteiger partial charge in [-0.15, -0.1) is 0 Å². The van der Waals surface area contributed by atoms with Crippen molar-refractivity contribution in [2.75, 3.05) is 27.3 Å². The second kappa shape index (κ2) is 7.99. The van der Waals surface area contributed by atoms with E-state index in [9.17, 15) is 14.4 Å². The third kappa shape index (κ3) is 5.02. The highest BCUT2D eigenvalue weighted by atomic mass is 79.9. The van der Waals surface area contributed by atoms with Crippen molar-refractivity contribution in [3.8, 4) is 0 Å². The zero-order valence-corrected chi connectivity index (χ0v) is 13.7. The third-order valence-corrected chi connectivity index (χ3v) is 3.35. The summed E-state index contributed by atoms with van der Waals surface area (Å²) < 4.78 is 9.72. The smallest absolute Gasteiger partial charge is 0.325 e. The van der Waals surface area contributed by atoms with Gasteiger partial charge >= 0.3 is 11.9 Å². The molecule has 0 radical (unpaired) electrons. The van der Waals surface area contributed by atoms with Gasteiger partial charge in [-0.1, -0.05) is 27.5 Å². The van der Waals surface area contributed by atoms with Gasteiger partial charge in [-0.25, -0.2) is 0 Å². The van der Waals surface area contributed by atoms with E-state index in [1.165, 1.54) is 20.3 Å². The number of hydrogen-bond donors (Lipinski definition) is 0. The highest BCUT2D eigenvalue weighted by Gasteiger charge is 2.24. The van der Waals surface area contributed by atoms with E-state index in [1.54, 1.807) is 12.1 Å². The second-order valence-corrected chi connectivity index (χ2v) is 5.26. The van der Waals surface area contributed by atoms with Crippen molar-refractivity contribution in [3.63, 3.8) is 0 Å². The summed E-state index contributed by atoms with van der Waals surface area (Å²) in [6.07, 6.45) is 0. The molecule has 1 aromatic rings. The van der Waals surface area contributed by atoms with E-state index in [4.69, 9.17) is 11.6 Å². The fourth-order valence-electron chi connectivity index (χ4n) is 1.47. The van der Waals surface area contributed by atoms with E-state index in [-0.39, 0.29) is 23.7 Å². The van der Waals surface area contributed by atoms with Gasteiger partial charge in [0.05, 0.1) is 24.8 Å². The number of ether oxygens (including phenoxy) is 2. The number of hydrogen-bond acceptors (Lipinski definition) is 5. The first-order valence-corrected chi connectivity index (χ1v) is 6.94. The lowest BCUT2D eigenvalue weighted by atomic mass is 10.2. The summed E-state index contributed by atoms with van der Waals surface area (Å²) in [6.45, 7) is -0.756. The number of esters is 2. The van der Waals surface area contributed by atoms with Crippen LogP contribution in [0.5, 0.6) is 0 Å². The molecule has 1 rings (SSSR count). The molecular formula is C13H13BrClNO5. The van der Waals surface area contributed by atoms with Crippen molar-refractivity contribution in [1.29, 1.82) is 0 Å². The molecule has 0 saturated carbocycles. The lowest BCUT2D eigenvalue weighted by molar-refractivity contribution is -0.144. The number of halogens is 2. The van der Waals surface area contributed by atoms with Crippen LogP contribution >= 0.6 is 27.5 Å². The molecule has 0 heterocycles. The first kappa shape index (κ1) is 17.5. The van der Waals surface area contributed by atoms with Crippen LogP contribution in [-0.4, -0.2) is 50.1 Å².